The molecule has 0 fully saturated rings. The van der Waals surface area contributed by atoms with Gasteiger partial charge in [-0.05, 0) is 18.6 Å². The van der Waals surface area contributed by atoms with E-state index in [9.17, 15) is 14.5 Å². The third-order valence-electron chi connectivity index (χ3n) is 2.21. The van der Waals surface area contributed by atoms with Crippen molar-refractivity contribution in [2.24, 2.45) is 0 Å². The summed E-state index contributed by atoms with van der Waals surface area (Å²) in [5, 5.41) is 20.1. The molecule has 0 aromatic heterocycles. The maximum atomic E-state index is 11.2. The van der Waals surface area contributed by atoms with Crippen LogP contribution in [0.25, 0.3) is 0 Å². The molecule has 1 atom stereocenters. The highest BCUT2D eigenvalue weighted by Gasteiger charge is 2.49. The van der Waals surface area contributed by atoms with Crippen molar-refractivity contribution in [3.63, 3.8) is 0 Å². The van der Waals surface area contributed by atoms with Gasteiger partial charge in [0, 0.05) is 0 Å². The Bertz CT molecular complexity index is 514. The number of aliphatic carboxylic acids is 1. The standard InChI is InChI=1S/C10H14NO7P/c1-7-4-2-3-5-8(7)18-10(14,19(15,16)17)11-6-9(12)13/h2-5,11,14H,6H2,1H3,(H,12,13)(H2,15,16,17). The Labute approximate surface area is 108 Å². The SMILES string of the molecule is Cc1ccccc1OC(O)(NCC(=O)O)P(=O)(O)O. The van der Waals surface area contributed by atoms with Crippen LogP contribution in [0.2, 0.25) is 0 Å². The van der Waals surface area contributed by atoms with Crippen LogP contribution in [0.5, 0.6) is 5.75 Å². The zero-order valence-corrected chi connectivity index (χ0v) is 10.9. The summed E-state index contributed by atoms with van der Waals surface area (Å²) in [6.07, 6.45) is 0. The van der Waals surface area contributed by atoms with E-state index in [1.807, 2.05) is 0 Å². The van der Waals surface area contributed by atoms with E-state index in [0.717, 1.165) is 0 Å². The van der Waals surface area contributed by atoms with Crippen molar-refractivity contribution >= 4 is 13.6 Å². The molecule has 8 nitrogen and oxygen atoms in total. The molecule has 0 saturated carbocycles. The summed E-state index contributed by atoms with van der Waals surface area (Å²) in [7, 11) is -5.17. The minimum atomic E-state index is -5.17. The Balaban J connectivity index is 3.02. The fraction of sp³-hybridized carbons (Fsp3) is 0.300. The predicted octanol–water partition coefficient (Wildman–Crippen LogP) is -0.171. The van der Waals surface area contributed by atoms with Crippen LogP contribution >= 0.6 is 7.60 Å². The summed E-state index contributed by atoms with van der Waals surface area (Å²) < 4.78 is 16.1. The minimum absolute atomic E-state index is 0.0196. The van der Waals surface area contributed by atoms with Crippen LogP contribution in [-0.4, -0.2) is 38.2 Å². The van der Waals surface area contributed by atoms with E-state index in [-0.39, 0.29) is 5.75 Å². The lowest BCUT2D eigenvalue weighted by Gasteiger charge is -2.29. The zero-order chi connectivity index (χ0) is 14.7. The average Bonchev–Trinajstić information content (AvgIpc) is 2.28. The summed E-state index contributed by atoms with van der Waals surface area (Å²) in [5.74, 6) is -1.38. The molecule has 19 heavy (non-hydrogen) atoms. The van der Waals surface area contributed by atoms with Crippen LogP contribution in [0, 0.1) is 6.92 Å². The topological polar surface area (TPSA) is 136 Å². The van der Waals surface area contributed by atoms with Crippen LogP contribution in [-0.2, 0) is 9.36 Å². The van der Waals surface area contributed by atoms with Gasteiger partial charge < -0.3 is 24.7 Å². The Kier molecular flexibility index (Phi) is 4.67. The molecular formula is C10H14NO7P. The highest BCUT2D eigenvalue weighted by Crippen LogP contribution is 2.48. The third kappa shape index (κ3) is 4.02. The molecule has 0 amide bonds. The summed E-state index contributed by atoms with van der Waals surface area (Å²) in [4.78, 5) is 28.6. The van der Waals surface area contributed by atoms with Crippen molar-refractivity contribution in [2.75, 3.05) is 6.54 Å². The lowest BCUT2D eigenvalue weighted by molar-refractivity contribution is -0.143. The molecule has 0 aliphatic carbocycles. The first-order valence-electron chi connectivity index (χ1n) is 5.15. The van der Waals surface area contributed by atoms with Crippen LogP contribution < -0.4 is 10.1 Å². The van der Waals surface area contributed by atoms with Gasteiger partial charge >= 0.3 is 19.2 Å². The number of benzene rings is 1. The first kappa shape index (κ1) is 15.6. The number of aryl methyl sites for hydroxylation is 1. The molecule has 1 aromatic carbocycles. The lowest BCUT2D eigenvalue weighted by Crippen LogP contribution is -2.51. The van der Waals surface area contributed by atoms with Crippen LogP contribution in [0.15, 0.2) is 24.3 Å². The molecule has 0 aliphatic heterocycles. The molecule has 1 aromatic rings. The Morgan fingerprint density at radius 2 is 2.00 bits per heavy atom. The van der Waals surface area contributed by atoms with Gasteiger partial charge in [-0.3, -0.25) is 9.36 Å². The van der Waals surface area contributed by atoms with Crippen molar-refractivity contribution in [3.05, 3.63) is 29.8 Å². The second kappa shape index (κ2) is 5.68. The van der Waals surface area contributed by atoms with Crippen molar-refractivity contribution in [1.82, 2.24) is 5.32 Å². The van der Waals surface area contributed by atoms with E-state index in [4.69, 9.17) is 19.6 Å². The van der Waals surface area contributed by atoms with Gasteiger partial charge in [-0.2, -0.15) is 0 Å². The van der Waals surface area contributed by atoms with E-state index >= 15 is 0 Å². The van der Waals surface area contributed by atoms with E-state index < -0.39 is 25.8 Å². The number of rotatable bonds is 6. The summed E-state index contributed by atoms with van der Waals surface area (Å²) in [6, 6.07) is 6.20. The molecule has 0 spiro atoms. The molecule has 0 radical (unpaired) electrons. The third-order valence-corrected chi connectivity index (χ3v) is 3.25. The fourth-order valence-electron chi connectivity index (χ4n) is 1.21. The number of hydrogen-bond acceptors (Lipinski definition) is 5. The first-order chi connectivity index (χ1) is 8.66. The van der Waals surface area contributed by atoms with Gasteiger partial charge in [-0.1, -0.05) is 18.2 Å². The number of carboxylic acids is 1. The summed E-state index contributed by atoms with van der Waals surface area (Å²) in [5.41, 5.74) is -2.58. The second-order valence-electron chi connectivity index (χ2n) is 3.77. The molecule has 1 rings (SSSR count). The molecule has 0 heterocycles. The second-order valence-corrected chi connectivity index (χ2v) is 5.46. The molecule has 5 N–H and O–H groups in total. The van der Waals surface area contributed by atoms with Gasteiger partial charge in [0.2, 0.25) is 0 Å². The quantitative estimate of drug-likeness (QED) is 0.360. The molecule has 9 heteroatoms. The molecule has 0 saturated heterocycles. The first-order valence-corrected chi connectivity index (χ1v) is 6.76. The number of hydrogen-bond donors (Lipinski definition) is 5. The lowest BCUT2D eigenvalue weighted by atomic mass is 10.2. The Hall–Kier alpha value is -1.44. The van der Waals surface area contributed by atoms with Crippen molar-refractivity contribution < 1.29 is 34.1 Å². The van der Waals surface area contributed by atoms with Crippen LogP contribution in [0.4, 0.5) is 0 Å². The van der Waals surface area contributed by atoms with Crippen LogP contribution in [0.3, 0.4) is 0 Å². The van der Waals surface area contributed by atoms with Gasteiger partial charge in [0.1, 0.15) is 5.75 Å². The number of aliphatic hydroxyl groups is 1. The number of carbonyl (C=O) groups is 1. The number of nitrogens with one attached hydrogen (secondary N) is 1. The van der Waals surface area contributed by atoms with Gasteiger partial charge in [0.25, 0.3) is 0 Å². The van der Waals surface area contributed by atoms with Gasteiger partial charge in [-0.25, -0.2) is 5.32 Å². The average molecular weight is 291 g/mol. The van der Waals surface area contributed by atoms with E-state index in [2.05, 4.69) is 0 Å². The van der Waals surface area contributed by atoms with Gasteiger partial charge in [-0.15, -0.1) is 0 Å². The van der Waals surface area contributed by atoms with Gasteiger partial charge in [0.05, 0.1) is 6.54 Å². The van der Waals surface area contributed by atoms with Crippen molar-refractivity contribution in [1.29, 1.82) is 0 Å². The van der Waals surface area contributed by atoms with Crippen molar-refractivity contribution in [3.8, 4) is 5.75 Å². The maximum absolute atomic E-state index is 11.2. The number of para-hydroxylation sites is 1. The molecular weight excluding hydrogens is 277 g/mol. The highest BCUT2D eigenvalue weighted by atomic mass is 31.2. The largest absolute Gasteiger partial charge is 0.480 e. The smallest absolute Gasteiger partial charge is 0.414 e. The Morgan fingerprint density at radius 3 is 2.47 bits per heavy atom. The Morgan fingerprint density at radius 1 is 1.42 bits per heavy atom. The maximum Gasteiger partial charge on any atom is 0.414 e. The summed E-state index contributed by atoms with van der Waals surface area (Å²) >= 11 is 0. The minimum Gasteiger partial charge on any atom is -0.480 e. The van der Waals surface area contributed by atoms with Crippen molar-refractivity contribution in [2.45, 2.75) is 12.6 Å². The molecule has 0 aliphatic rings. The van der Waals surface area contributed by atoms with E-state index in [0.29, 0.717) is 5.56 Å². The highest BCUT2D eigenvalue weighted by molar-refractivity contribution is 7.53. The van der Waals surface area contributed by atoms with E-state index in [1.54, 1.807) is 30.4 Å². The van der Waals surface area contributed by atoms with Crippen LogP contribution in [0.1, 0.15) is 5.56 Å². The summed E-state index contributed by atoms with van der Waals surface area (Å²) in [6.45, 7) is 0.722. The zero-order valence-electron chi connectivity index (χ0n) is 9.98. The monoisotopic (exact) mass is 291 g/mol. The predicted molar refractivity (Wildman–Crippen MR) is 64.4 cm³/mol. The molecule has 0 bridgehead atoms. The number of carboxylic acid groups (broad SMARTS) is 1. The van der Waals surface area contributed by atoms with E-state index in [1.165, 1.54) is 6.07 Å². The van der Waals surface area contributed by atoms with Gasteiger partial charge in [0.15, 0.2) is 0 Å². The molecule has 106 valence electrons. The normalized spacial score (nSPS) is 14.7. The molecule has 1 unspecified atom stereocenters. The number of ether oxygens (including phenoxy) is 1. The fourth-order valence-corrected chi connectivity index (χ4v) is 1.72.